The van der Waals surface area contributed by atoms with Crippen molar-refractivity contribution >= 4 is 23.9 Å². The molecule has 0 amide bonds. The van der Waals surface area contributed by atoms with Crippen molar-refractivity contribution < 1.29 is 58.2 Å². The second-order valence-electron chi connectivity index (χ2n) is 13.4. The smallest absolute Gasteiger partial charge is 0.455 e. The lowest BCUT2D eigenvalue weighted by molar-refractivity contribution is -0.345. The molecule has 0 radical (unpaired) electrons. The van der Waals surface area contributed by atoms with Crippen molar-refractivity contribution in [1.82, 2.24) is 0 Å². The summed E-state index contributed by atoms with van der Waals surface area (Å²) in [4.78, 5) is 54.0. The lowest BCUT2D eigenvalue weighted by Crippen LogP contribution is -2.82. The molecule has 3 fully saturated rings. The third-order valence-electron chi connectivity index (χ3n) is 10.7. The van der Waals surface area contributed by atoms with E-state index >= 15 is 0 Å². The number of rotatable bonds is 4. The molecule has 0 spiro atoms. The number of carbonyl (C=O) groups excluding carboxylic acids is 4. The van der Waals surface area contributed by atoms with E-state index in [9.17, 15) is 34.5 Å². The summed E-state index contributed by atoms with van der Waals surface area (Å²) in [7, 11) is 1.10. The van der Waals surface area contributed by atoms with E-state index in [1.807, 2.05) is 0 Å². The van der Waals surface area contributed by atoms with Crippen LogP contribution in [-0.4, -0.2) is 94.1 Å². The zero-order valence-electron chi connectivity index (χ0n) is 25.9. The van der Waals surface area contributed by atoms with E-state index in [0.29, 0.717) is 0 Å². The van der Waals surface area contributed by atoms with Crippen LogP contribution in [0.5, 0.6) is 0 Å². The fourth-order valence-electron chi connectivity index (χ4n) is 8.07. The highest BCUT2D eigenvalue weighted by Crippen LogP contribution is 2.65. The maximum absolute atomic E-state index is 14.9. The number of benzene rings is 1. The van der Waals surface area contributed by atoms with Crippen LogP contribution < -0.4 is 0 Å². The largest absolute Gasteiger partial charge is 0.508 e. The summed E-state index contributed by atoms with van der Waals surface area (Å²) >= 11 is 0. The van der Waals surface area contributed by atoms with Gasteiger partial charge < -0.3 is 39.0 Å². The fraction of sp³-hybridized carbons (Fsp3) is 0.625. The Morgan fingerprint density at radius 2 is 1.66 bits per heavy atom. The normalized spacial score (nSPS) is 40.7. The Morgan fingerprint density at radius 3 is 2.20 bits per heavy atom. The Bertz CT molecular complexity index is 1420. The Hall–Kier alpha value is -3.32. The van der Waals surface area contributed by atoms with E-state index in [4.69, 9.17) is 23.7 Å². The third-order valence-corrected chi connectivity index (χ3v) is 10.7. The molecule has 4 aliphatic rings. The molecule has 12 nitrogen and oxygen atoms in total. The first-order valence-corrected chi connectivity index (χ1v) is 14.6. The van der Waals surface area contributed by atoms with Crippen LogP contribution >= 0.6 is 0 Å². The van der Waals surface area contributed by atoms with Gasteiger partial charge in [0.15, 0.2) is 17.5 Å². The number of ether oxygens (including phenoxy) is 5. The molecule has 9 atom stereocenters. The molecule has 1 aromatic carbocycles. The number of carbonyl (C=O) groups is 4. The van der Waals surface area contributed by atoms with Crippen molar-refractivity contribution in [3.8, 4) is 0 Å². The highest BCUT2D eigenvalue weighted by atomic mass is 16.8. The molecule has 1 aliphatic heterocycles. The van der Waals surface area contributed by atoms with E-state index in [1.54, 1.807) is 39.0 Å². The summed E-state index contributed by atoms with van der Waals surface area (Å²) in [5.41, 5.74) is -8.59. The second-order valence-corrected chi connectivity index (χ2v) is 13.4. The van der Waals surface area contributed by atoms with Gasteiger partial charge in [0, 0.05) is 25.2 Å². The van der Waals surface area contributed by atoms with Crippen molar-refractivity contribution in [1.29, 1.82) is 0 Å². The first-order chi connectivity index (χ1) is 20.4. The van der Waals surface area contributed by atoms with Crippen LogP contribution in [0.15, 0.2) is 41.5 Å². The van der Waals surface area contributed by atoms with Crippen LogP contribution in [-0.2, 0) is 33.3 Å². The molecular weight excluding hydrogens is 576 g/mol. The van der Waals surface area contributed by atoms with Gasteiger partial charge >= 0.3 is 18.1 Å². The maximum atomic E-state index is 14.9. The number of esters is 2. The summed E-state index contributed by atoms with van der Waals surface area (Å²) < 4.78 is 28.4. The predicted octanol–water partition coefficient (Wildman–Crippen LogP) is 2.26. The van der Waals surface area contributed by atoms with E-state index in [-0.39, 0.29) is 29.7 Å². The number of ketones is 1. The Labute approximate surface area is 255 Å². The minimum Gasteiger partial charge on any atom is -0.455 e. The van der Waals surface area contributed by atoms with Gasteiger partial charge in [0.25, 0.3) is 0 Å². The highest BCUT2D eigenvalue weighted by Gasteiger charge is 2.79. The van der Waals surface area contributed by atoms with Crippen LogP contribution in [0.25, 0.3) is 0 Å². The molecule has 2 saturated carbocycles. The average Bonchev–Trinajstić information content (AvgIpc) is 2.94. The van der Waals surface area contributed by atoms with E-state index in [2.05, 4.69) is 0 Å². The monoisotopic (exact) mass is 616 g/mol. The predicted molar refractivity (Wildman–Crippen MR) is 151 cm³/mol. The molecule has 1 aromatic rings. The SMILES string of the molecule is COC(=O)O[C@@]12CO[C@@H]1C[C@H](O)[C@@]1(C)C(=O)[C@H](OC(C)=O)C3=C(C)[C@@](C)(O)C[C@@](O)([C@@H](OC(=O)c4ccccc4)C12)C3(C)C. The molecule has 12 heteroatoms. The number of hydrogen-bond donors (Lipinski definition) is 3. The van der Waals surface area contributed by atoms with Crippen molar-refractivity contribution in [2.75, 3.05) is 13.7 Å². The summed E-state index contributed by atoms with van der Waals surface area (Å²) in [6.07, 6.45) is -7.46. The molecule has 3 N–H and O–H groups in total. The minimum atomic E-state index is -2.19. The fourth-order valence-corrected chi connectivity index (χ4v) is 8.07. The maximum Gasteiger partial charge on any atom is 0.508 e. The topological polar surface area (TPSA) is 175 Å². The van der Waals surface area contributed by atoms with Gasteiger partial charge in [-0.15, -0.1) is 0 Å². The summed E-state index contributed by atoms with van der Waals surface area (Å²) in [6, 6.07) is 7.99. The van der Waals surface area contributed by atoms with E-state index in [1.165, 1.54) is 26.0 Å². The van der Waals surface area contributed by atoms with Crippen LogP contribution in [0.4, 0.5) is 4.79 Å². The van der Waals surface area contributed by atoms with Crippen LogP contribution in [0.2, 0.25) is 0 Å². The van der Waals surface area contributed by atoms with Gasteiger partial charge in [-0.1, -0.05) is 32.0 Å². The lowest BCUT2D eigenvalue weighted by Gasteiger charge is -2.67. The molecule has 0 aromatic heterocycles. The van der Waals surface area contributed by atoms with Gasteiger partial charge in [0.1, 0.15) is 17.8 Å². The minimum absolute atomic E-state index is 0.124. The number of hydrogen-bond acceptors (Lipinski definition) is 12. The molecule has 1 heterocycles. The Morgan fingerprint density at radius 1 is 1.02 bits per heavy atom. The zero-order valence-corrected chi connectivity index (χ0v) is 25.9. The number of methoxy groups -OCH3 is 1. The first kappa shape index (κ1) is 32.1. The summed E-state index contributed by atoms with van der Waals surface area (Å²) in [5.74, 6) is -3.90. The first-order valence-electron chi connectivity index (χ1n) is 14.6. The number of fused-ring (bicyclic) bond motifs is 5. The van der Waals surface area contributed by atoms with Crippen LogP contribution in [0.1, 0.15) is 64.7 Å². The molecule has 2 bridgehead atoms. The van der Waals surface area contributed by atoms with Gasteiger partial charge in [0.05, 0.1) is 42.3 Å². The molecule has 5 rings (SSSR count). The van der Waals surface area contributed by atoms with Gasteiger partial charge in [-0.05, 0) is 44.1 Å². The molecule has 1 unspecified atom stereocenters. The molecule has 1 saturated heterocycles. The standard InChI is InChI=1S/C32H40O12/c1-16-21-22(42-17(2)33)24(35)30(6)19(34)13-20-31(15-41-20,44-27(37)40-7)23(30)25(43-26(36)18-11-9-8-10-12-18)32(39,28(21,3)4)14-29(16,5)38/h8-12,19-20,22-23,25,34,38-39H,13-15H2,1-7H3/t19-,20+,22+,23?,25-,29-,30+,31-,32+/m0/s1. The summed E-state index contributed by atoms with van der Waals surface area (Å²) in [5, 5.41) is 36.6. The number of aliphatic hydroxyl groups is 3. The Kier molecular flexibility index (Phi) is 7.56. The summed E-state index contributed by atoms with van der Waals surface area (Å²) in [6.45, 7) is 8.52. The van der Waals surface area contributed by atoms with Gasteiger partial charge in [-0.3, -0.25) is 9.59 Å². The number of aliphatic hydroxyl groups excluding tert-OH is 1. The van der Waals surface area contributed by atoms with Gasteiger partial charge in [0.2, 0.25) is 0 Å². The number of Topliss-reactive ketones (excluding diaryl/α,β-unsaturated/α-hetero) is 1. The third kappa shape index (κ3) is 4.33. The zero-order chi connectivity index (χ0) is 32.6. The van der Waals surface area contributed by atoms with Crippen molar-refractivity contribution in [3.05, 3.63) is 47.0 Å². The van der Waals surface area contributed by atoms with Crippen LogP contribution in [0.3, 0.4) is 0 Å². The average molecular weight is 617 g/mol. The van der Waals surface area contributed by atoms with Crippen molar-refractivity contribution in [3.63, 3.8) is 0 Å². The van der Waals surface area contributed by atoms with Crippen molar-refractivity contribution in [2.45, 2.75) is 95.6 Å². The lowest BCUT2D eigenvalue weighted by atomic mass is 9.44. The molecule has 240 valence electrons. The Balaban J connectivity index is 1.86. The van der Waals surface area contributed by atoms with Gasteiger partial charge in [-0.2, -0.15) is 0 Å². The van der Waals surface area contributed by atoms with E-state index in [0.717, 1.165) is 14.0 Å². The van der Waals surface area contributed by atoms with Crippen LogP contribution in [0, 0.1) is 16.7 Å². The molecular formula is C32H40O12. The highest BCUT2D eigenvalue weighted by molar-refractivity contribution is 5.95. The van der Waals surface area contributed by atoms with E-state index < -0.39 is 88.3 Å². The quantitative estimate of drug-likeness (QED) is 0.256. The molecule has 3 aliphatic carbocycles. The van der Waals surface area contributed by atoms with Gasteiger partial charge in [-0.25, -0.2) is 9.59 Å². The second kappa shape index (κ2) is 10.4. The molecule has 44 heavy (non-hydrogen) atoms. The van der Waals surface area contributed by atoms with Crippen molar-refractivity contribution in [2.24, 2.45) is 16.7 Å².